The largest absolute Gasteiger partial charge is 0.491 e. The maximum atomic E-state index is 11.5. The standard InChI is InChI=1S/C18H23BN2O3/c1-17(2)18(3,4)24-19(23-17)15(10-20)8-12-5-6-13-11-21-16(22)9-14(13)7-12/h5-9,11H,10,20H2,1-4H3,(H,21,22). The molecule has 2 heterocycles. The van der Waals surface area contributed by atoms with Crippen molar-refractivity contribution < 1.29 is 9.31 Å². The summed E-state index contributed by atoms with van der Waals surface area (Å²) in [6, 6.07) is 7.51. The van der Waals surface area contributed by atoms with Crippen LogP contribution < -0.4 is 11.3 Å². The molecule has 1 saturated heterocycles. The summed E-state index contributed by atoms with van der Waals surface area (Å²) in [5, 5.41) is 1.87. The molecule has 0 saturated carbocycles. The van der Waals surface area contributed by atoms with Crippen molar-refractivity contribution in [2.75, 3.05) is 6.54 Å². The van der Waals surface area contributed by atoms with Crippen LogP contribution in [0.3, 0.4) is 0 Å². The lowest BCUT2D eigenvalue weighted by atomic mass is 9.77. The molecule has 1 fully saturated rings. The highest BCUT2D eigenvalue weighted by molar-refractivity contribution is 6.55. The van der Waals surface area contributed by atoms with E-state index in [2.05, 4.69) is 4.98 Å². The van der Waals surface area contributed by atoms with Crippen molar-refractivity contribution in [2.45, 2.75) is 38.9 Å². The maximum absolute atomic E-state index is 11.5. The number of pyridine rings is 1. The topological polar surface area (TPSA) is 77.3 Å². The van der Waals surface area contributed by atoms with Crippen LogP contribution in [0.2, 0.25) is 0 Å². The van der Waals surface area contributed by atoms with E-state index >= 15 is 0 Å². The van der Waals surface area contributed by atoms with Gasteiger partial charge < -0.3 is 20.0 Å². The number of fused-ring (bicyclic) bond motifs is 1. The highest BCUT2D eigenvalue weighted by atomic mass is 16.7. The Hall–Kier alpha value is -1.89. The monoisotopic (exact) mass is 326 g/mol. The van der Waals surface area contributed by atoms with Gasteiger partial charge in [-0.3, -0.25) is 4.79 Å². The van der Waals surface area contributed by atoms with Gasteiger partial charge in [0.1, 0.15) is 0 Å². The molecule has 6 heteroatoms. The summed E-state index contributed by atoms with van der Waals surface area (Å²) in [6.07, 6.45) is 3.69. The van der Waals surface area contributed by atoms with E-state index in [1.807, 2.05) is 52.0 Å². The first-order chi connectivity index (χ1) is 11.2. The van der Waals surface area contributed by atoms with E-state index in [9.17, 15) is 4.79 Å². The van der Waals surface area contributed by atoms with Gasteiger partial charge in [0.05, 0.1) is 11.2 Å². The van der Waals surface area contributed by atoms with Crippen molar-refractivity contribution in [1.29, 1.82) is 0 Å². The van der Waals surface area contributed by atoms with Gasteiger partial charge >= 0.3 is 7.12 Å². The summed E-state index contributed by atoms with van der Waals surface area (Å²) in [6.45, 7) is 8.41. The second kappa shape index (κ2) is 5.88. The third kappa shape index (κ3) is 3.05. The molecular formula is C18H23BN2O3. The van der Waals surface area contributed by atoms with Crippen molar-refractivity contribution in [2.24, 2.45) is 5.73 Å². The lowest BCUT2D eigenvalue weighted by molar-refractivity contribution is 0.00578. The fraction of sp³-hybridized carbons (Fsp3) is 0.389. The van der Waals surface area contributed by atoms with Gasteiger partial charge in [-0.1, -0.05) is 18.2 Å². The lowest BCUT2D eigenvalue weighted by Gasteiger charge is -2.32. The molecule has 0 bridgehead atoms. The predicted molar refractivity (Wildman–Crippen MR) is 97.7 cm³/mol. The van der Waals surface area contributed by atoms with Gasteiger partial charge in [0.2, 0.25) is 5.56 Å². The van der Waals surface area contributed by atoms with Crippen molar-refractivity contribution in [3.63, 3.8) is 0 Å². The Labute approximate surface area is 142 Å². The number of hydrogen-bond donors (Lipinski definition) is 2. The van der Waals surface area contributed by atoms with Gasteiger partial charge in [0.15, 0.2) is 0 Å². The molecule has 0 aliphatic carbocycles. The van der Waals surface area contributed by atoms with Crippen LogP contribution >= 0.6 is 0 Å². The Kier molecular flexibility index (Phi) is 4.15. The van der Waals surface area contributed by atoms with Crippen LogP contribution in [-0.4, -0.2) is 29.8 Å². The highest BCUT2D eigenvalue weighted by Gasteiger charge is 2.52. The van der Waals surface area contributed by atoms with Crippen LogP contribution in [0, 0.1) is 0 Å². The SMILES string of the molecule is CC1(C)OB(C(=Cc2ccc3c[nH]c(=O)cc3c2)CN)OC1(C)C. The summed E-state index contributed by atoms with van der Waals surface area (Å²) in [5.41, 5.74) is 6.85. The molecule has 1 aliphatic rings. The third-order valence-electron chi connectivity index (χ3n) is 4.91. The zero-order chi connectivity index (χ0) is 17.5. The van der Waals surface area contributed by atoms with E-state index in [0.29, 0.717) is 6.54 Å². The van der Waals surface area contributed by atoms with Crippen molar-refractivity contribution in [3.05, 3.63) is 51.9 Å². The second-order valence-corrected chi connectivity index (χ2v) is 7.20. The maximum Gasteiger partial charge on any atom is 0.491 e. The van der Waals surface area contributed by atoms with E-state index in [4.69, 9.17) is 15.0 Å². The molecule has 2 aromatic rings. The molecule has 0 spiro atoms. The zero-order valence-electron chi connectivity index (χ0n) is 14.6. The molecule has 126 valence electrons. The number of aromatic nitrogens is 1. The summed E-state index contributed by atoms with van der Waals surface area (Å²) in [4.78, 5) is 14.2. The summed E-state index contributed by atoms with van der Waals surface area (Å²) in [7, 11) is -0.463. The second-order valence-electron chi connectivity index (χ2n) is 7.20. The number of benzene rings is 1. The first kappa shape index (κ1) is 17.0. The minimum atomic E-state index is -0.463. The first-order valence-electron chi connectivity index (χ1n) is 8.10. The number of nitrogens with two attached hydrogens (primary N) is 1. The number of hydrogen-bond acceptors (Lipinski definition) is 4. The van der Waals surface area contributed by atoms with Gasteiger partial charge in [-0.2, -0.15) is 0 Å². The van der Waals surface area contributed by atoms with Gasteiger partial charge in [-0.15, -0.1) is 0 Å². The Balaban J connectivity index is 1.95. The zero-order valence-corrected chi connectivity index (χ0v) is 14.6. The van der Waals surface area contributed by atoms with Gasteiger partial charge in [-0.05, 0) is 55.6 Å². The predicted octanol–water partition coefficient (Wildman–Crippen LogP) is 2.50. The van der Waals surface area contributed by atoms with Crippen LogP contribution in [0.1, 0.15) is 33.3 Å². The first-order valence-corrected chi connectivity index (χ1v) is 8.10. The molecule has 0 atom stereocenters. The van der Waals surface area contributed by atoms with Gasteiger partial charge in [0.25, 0.3) is 0 Å². The summed E-state index contributed by atoms with van der Waals surface area (Å²) >= 11 is 0. The molecule has 5 nitrogen and oxygen atoms in total. The molecule has 3 rings (SSSR count). The fourth-order valence-corrected chi connectivity index (χ4v) is 2.70. The molecule has 0 amide bonds. The molecule has 0 unspecified atom stereocenters. The lowest BCUT2D eigenvalue weighted by Crippen LogP contribution is -2.41. The Morgan fingerprint density at radius 1 is 1.17 bits per heavy atom. The van der Waals surface area contributed by atoms with Crippen molar-refractivity contribution in [3.8, 4) is 0 Å². The van der Waals surface area contributed by atoms with E-state index in [0.717, 1.165) is 21.8 Å². The Morgan fingerprint density at radius 2 is 1.83 bits per heavy atom. The Morgan fingerprint density at radius 3 is 2.46 bits per heavy atom. The van der Waals surface area contributed by atoms with Gasteiger partial charge in [-0.25, -0.2) is 0 Å². The minimum absolute atomic E-state index is 0.117. The minimum Gasteiger partial charge on any atom is -0.400 e. The van der Waals surface area contributed by atoms with Crippen LogP contribution in [0.15, 0.2) is 40.7 Å². The van der Waals surface area contributed by atoms with E-state index in [-0.39, 0.29) is 5.56 Å². The molecular weight excluding hydrogens is 303 g/mol. The molecule has 1 aromatic carbocycles. The number of H-pyrrole nitrogens is 1. The van der Waals surface area contributed by atoms with Crippen LogP contribution in [0.4, 0.5) is 0 Å². The molecule has 3 N–H and O–H groups in total. The van der Waals surface area contributed by atoms with Crippen molar-refractivity contribution in [1.82, 2.24) is 4.98 Å². The number of nitrogens with one attached hydrogen (secondary N) is 1. The van der Waals surface area contributed by atoms with E-state index < -0.39 is 18.3 Å². The van der Waals surface area contributed by atoms with Gasteiger partial charge in [0, 0.05) is 18.8 Å². The molecule has 24 heavy (non-hydrogen) atoms. The molecule has 0 radical (unpaired) electrons. The molecule has 1 aromatic heterocycles. The van der Waals surface area contributed by atoms with E-state index in [1.165, 1.54) is 0 Å². The van der Waals surface area contributed by atoms with Crippen LogP contribution in [0.5, 0.6) is 0 Å². The summed E-state index contributed by atoms with van der Waals surface area (Å²) < 4.78 is 12.1. The quantitative estimate of drug-likeness (QED) is 0.850. The Bertz CT molecular complexity index is 839. The average molecular weight is 326 g/mol. The van der Waals surface area contributed by atoms with E-state index in [1.54, 1.807) is 12.3 Å². The smallest absolute Gasteiger partial charge is 0.400 e. The van der Waals surface area contributed by atoms with Crippen LogP contribution in [-0.2, 0) is 9.31 Å². The van der Waals surface area contributed by atoms with Crippen LogP contribution in [0.25, 0.3) is 16.8 Å². The number of aromatic amines is 1. The normalized spacial score (nSPS) is 19.9. The molecule has 1 aliphatic heterocycles. The average Bonchev–Trinajstić information content (AvgIpc) is 2.72. The summed E-state index contributed by atoms with van der Waals surface area (Å²) in [5.74, 6) is 0. The van der Waals surface area contributed by atoms with Crippen molar-refractivity contribution >= 4 is 24.0 Å². The third-order valence-corrected chi connectivity index (χ3v) is 4.91. The highest BCUT2D eigenvalue weighted by Crippen LogP contribution is 2.38. The number of rotatable bonds is 3. The fourth-order valence-electron chi connectivity index (χ4n) is 2.70.